The Morgan fingerprint density at radius 3 is 2.53 bits per heavy atom. The molecule has 0 aliphatic carbocycles. The van der Waals surface area contributed by atoms with Gasteiger partial charge in [0.2, 0.25) is 0 Å². The second kappa shape index (κ2) is 6.03. The number of rotatable bonds is 5. The van der Waals surface area contributed by atoms with Gasteiger partial charge in [0.25, 0.3) is 0 Å². The van der Waals surface area contributed by atoms with Crippen LogP contribution in [0.25, 0.3) is 0 Å². The number of carboxylic acid groups (broad SMARTS) is 1. The van der Waals surface area contributed by atoms with Crippen LogP contribution in [0.3, 0.4) is 0 Å². The Kier molecular flexibility index (Phi) is 4.99. The number of hydrogen-bond donors (Lipinski definition) is 2. The molecule has 0 saturated carbocycles. The number of hydrogen-bond acceptors (Lipinski definition) is 2. The molecule has 4 heteroatoms. The zero-order valence-electron chi connectivity index (χ0n) is 8.19. The van der Waals surface area contributed by atoms with Gasteiger partial charge >= 0.3 is 5.97 Å². The van der Waals surface area contributed by atoms with Crippen LogP contribution in [0.5, 0.6) is 0 Å². The van der Waals surface area contributed by atoms with E-state index in [1.54, 1.807) is 0 Å². The van der Waals surface area contributed by atoms with E-state index >= 15 is 0 Å². The number of aliphatic carboxylic acids is 1. The van der Waals surface area contributed by atoms with Gasteiger partial charge in [-0.15, -0.1) is 0 Å². The standard InChI is InChI=1S/C11H13ClO2S/c12-9-6-4-8(5-7-9)2-1-3-10(15)11(13)14/h4-7,10,15H,1-3H2,(H,13,14). The Hall–Kier alpha value is -0.670. The van der Waals surface area contributed by atoms with E-state index in [0.29, 0.717) is 6.42 Å². The van der Waals surface area contributed by atoms with Crippen molar-refractivity contribution in [2.24, 2.45) is 0 Å². The van der Waals surface area contributed by atoms with Crippen molar-refractivity contribution in [3.8, 4) is 0 Å². The van der Waals surface area contributed by atoms with Crippen molar-refractivity contribution in [3.05, 3.63) is 34.9 Å². The van der Waals surface area contributed by atoms with Crippen molar-refractivity contribution in [2.45, 2.75) is 24.5 Å². The minimum Gasteiger partial charge on any atom is -0.480 e. The Morgan fingerprint density at radius 2 is 2.00 bits per heavy atom. The first-order valence-electron chi connectivity index (χ1n) is 4.75. The minimum atomic E-state index is -0.852. The maximum Gasteiger partial charge on any atom is 0.316 e. The number of carbonyl (C=O) groups is 1. The minimum absolute atomic E-state index is 0.558. The molecule has 15 heavy (non-hydrogen) atoms. The molecular formula is C11H13ClO2S. The topological polar surface area (TPSA) is 37.3 Å². The molecule has 0 aromatic heterocycles. The van der Waals surface area contributed by atoms with Crippen LogP contribution >= 0.6 is 24.2 Å². The average Bonchev–Trinajstić information content (AvgIpc) is 2.20. The van der Waals surface area contributed by atoms with Crippen molar-refractivity contribution in [1.82, 2.24) is 0 Å². The zero-order valence-corrected chi connectivity index (χ0v) is 9.84. The van der Waals surface area contributed by atoms with Crippen molar-refractivity contribution < 1.29 is 9.90 Å². The summed E-state index contributed by atoms with van der Waals surface area (Å²) < 4.78 is 0. The van der Waals surface area contributed by atoms with Crippen LogP contribution in [0.4, 0.5) is 0 Å². The molecular weight excluding hydrogens is 232 g/mol. The van der Waals surface area contributed by atoms with E-state index in [0.717, 1.165) is 17.9 Å². The smallest absolute Gasteiger partial charge is 0.316 e. The molecule has 0 aliphatic rings. The molecule has 0 radical (unpaired) electrons. The van der Waals surface area contributed by atoms with Gasteiger partial charge in [0.1, 0.15) is 0 Å². The van der Waals surface area contributed by atoms with Gasteiger partial charge in [-0.2, -0.15) is 12.6 Å². The molecule has 0 heterocycles. The lowest BCUT2D eigenvalue weighted by atomic mass is 10.1. The van der Waals surface area contributed by atoms with E-state index in [1.165, 1.54) is 5.56 Å². The van der Waals surface area contributed by atoms with Gasteiger partial charge in [0.05, 0.1) is 5.25 Å². The summed E-state index contributed by atoms with van der Waals surface area (Å²) in [6.07, 6.45) is 2.27. The molecule has 1 unspecified atom stereocenters. The summed E-state index contributed by atoms with van der Waals surface area (Å²) in [5.41, 5.74) is 1.17. The van der Waals surface area contributed by atoms with Gasteiger partial charge in [-0.1, -0.05) is 23.7 Å². The molecule has 2 nitrogen and oxygen atoms in total. The quantitative estimate of drug-likeness (QED) is 0.782. The predicted octanol–water partition coefficient (Wildman–Crippen LogP) is 3.05. The number of benzene rings is 1. The second-order valence-electron chi connectivity index (χ2n) is 3.37. The van der Waals surface area contributed by atoms with Gasteiger partial charge in [0.15, 0.2) is 0 Å². The average molecular weight is 245 g/mol. The van der Waals surface area contributed by atoms with Crippen LogP contribution in [0.15, 0.2) is 24.3 Å². The van der Waals surface area contributed by atoms with Crippen molar-refractivity contribution in [2.75, 3.05) is 0 Å². The summed E-state index contributed by atoms with van der Waals surface area (Å²) in [6.45, 7) is 0. The normalized spacial score (nSPS) is 12.4. The lowest BCUT2D eigenvalue weighted by Gasteiger charge is -2.05. The van der Waals surface area contributed by atoms with Gasteiger partial charge in [0, 0.05) is 5.02 Å². The van der Waals surface area contributed by atoms with Crippen molar-refractivity contribution in [1.29, 1.82) is 0 Å². The maximum absolute atomic E-state index is 10.5. The molecule has 0 aliphatic heterocycles. The third-order valence-corrected chi connectivity index (χ3v) is 2.87. The van der Waals surface area contributed by atoms with Crippen LogP contribution in [-0.2, 0) is 11.2 Å². The molecule has 0 saturated heterocycles. The van der Waals surface area contributed by atoms with Crippen LogP contribution < -0.4 is 0 Å². The summed E-state index contributed by atoms with van der Waals surface area (Å²) in [5, 5.41) is 8.78. The highest BCUT2D eigenvalue weighted by molar-refractivity contribution is 7.81. The third kappa shape index (κ3) is 4.58. The van der Waals surface area contributed by atoms with E-state index in [2.05, 4.69) is 12.6 Å². The largest absolute Gasteiger partial charge is 0.480 e. The molecule has 1 N–H and O–H groups in total. The molecule has 1 aromatic rings. The van der Waals surface area contributed by atoms with Gasteiger partial charge in [-0.3, -0.25) is 4.79 Å². The second-order valence-corrected chi connectivity index (χ2v) is 4.43. The monoisotopic (exact) mass is 244 g/mol. The molecule has 1 aromatic carbocycles. The number of thiol groups is 1. The van der Waals surface area contributed by atoms with E-state index in [9.17, 15) is 4.79 Å². The van der Waals surface area contributed by atoms with Gasteiger partial charge in [-0.05, 0) is 37.0 Å². The fraction of sp³-hybridized carbons (Fsp3) is 0.364. The highest BCUT2D eigenvalue weighted by atomic mass is 35.5. The Morgan fingerprint density at radius 1 is 1.40 bits per heavy atom. The van der Waals surface area contributed by atoms with Crippen LogP contribution in [0, 0.1) is 0 Å². The Labute approximate surface area is 99.7 Å². The fourth-order valence-corrected chi connectivity index (χ4v) is 1.58. The summed E-state index contributed by atoms with van der Waals surface area (Å²) in [5.74, 6) is -0.852. The summed E-state index contributed by atoms with van der Waals surface area (Å²) in [7, 11) is 0. The predicted molar refractivity (Wildman–Crippen MR) is 64.8 cm³/mol. The van der Waals surface area contributed by atoms with Crippen LogP contribution in [0.2, 0.25) is 5.02 Å². The molecule has 82 valence electrons. The Balaban J connectivity index is 2.32. The first-order chi connectivity index (χ1) is 7.09. The molecule has 0 amide bonds. The zero-order chi connectivity index (χ0) is 11.3. The van der Waals surface area contributed by atoms with Gasteiger partial charge < -0.3 is 5.11 Å². The third-order valence-electron chi connectivity index (χ3n) is 2.14. The highest BCUT2D eigenvalue weighted by Gasteiger charge is 2.10. The SMILES string of the molecule is O=C(O)C(S)CCCc1ccc(Cl)cc1. The molecule has 0 spiro atoms. The fourth-order valence-electron chi connectivity index (χ4n) is 1.27. The lowest BCUT2D eigenvalue weighted by Crippen LogP contribution is -2.13. The van der Waals surface area contributed by atoms with Crippen molar-refractivity contribution >= 4 is 30.2 Å². The van der Waals surface area contributed by atoms with Gasteiger partial charge in [-0.25, -0.2) is 0 Å². The summed E-state index contributed by atoms with van der Waals surface area (Å²) >= 11 is 9.71. The van der Waals surface area contributed by atoms with E-state index in [-0.39, 0.29) is 0 Å². The molecule has 1 rings (SSSR count). The Bertz CT molecular complexity index is 324. The molecule has 0 bridgehead atoms. The maximum atomic E-state index is 10.5. The summed E-state index contributed by atoms with van der Waals surface area (Å²) in [6, 6.07) is 7.59. The van der Waals surface area contributed by atoms with Crippen molar-refractivity contribution in [3.63, 3.8) is 0 Å². The molecule has 0 fully saturated rings. The number of carboxylic acids is 1. The highest BCUT2D eigenvalue weighted by Crippen LogP contribution is 2.13. The van der Waals surface area contributed by atoms with Crippen LogP contribution in [-0.4, -0.2) is 16.3 Å². The first kappa shape index (κ1) is 12.4. The van der Waals surface area contributed by atoms with E-state index in [1.807, 2.05) is 24.3 Å². The number of halogens is 1. The van der Waals surface area contributed by atoms with Crippen LogP contribution in [0.1, 0.15) is 18.4 Å². The summed E-state index contributed by atoms with van der Waals surface area (Å²) in [4.78, 5) is 10.5. The van der Waals surface area contributed by atoms with E-state index < -0.39 is 11.2 Å². The first-order valence-corrected chi connectivity index (χ1v) is 5.64. The number of aryl methyl sites for hydroxylation is 1. The van der Waals surface area contributed by atoms with E-state index in [4.69, 9.17) is 16.7 Å². The lowest BCUT2D eigenvalue weighted by molar-refractivity contribution is -0.136. The molecule has 1 atom stereocenters.